The fourth-order valence-corrected chi connectivity index (χ4v) is 2.88. The number of aromatic nitrogens is 2. The summed E-state index contributed by atoms with van der Waals surface area (Å²) in [5.74, 6) is 0.995. The Morgan fingerprint density at radius 1 is 1.32 bits per heavy atom. The summed E-state index contributed by atoms with van der Waals surface area (Å²) in [6.45, 7) is 6.43. The van der Waals surface area contributed by atoms with Gasteiger partial charge in [0.2, 0.25) is 5.95 Å². The molecular weight excluding hydrogens is 234 g/mol. The second-order valence-corrected chi connectivity index (χ2v) is 5.64. The van der Waals surface area contributed by atoms with E-state index in [1.807, 2.05) is 6.92 Å². The monoisotopic (exact) mass is 255 g/mol. The van der Waals surface area contributed by atoms with Crippen LogP contribution in [0.3, 0.4) is 0 Å². The fraction of sp³-hybridized carbons (Fsp3) is 0.438. The fourth-order valence-electron chi connectivity index (χ4n) is 2.88. The first kappa shape index (κ1) is 12.3. The number of aryl methyl sites for hydroxylation is 2. The van der Waals surface area contributed by atoms with E-state index in [1.54, 1.807) is 0 Å². The van der Waals surface area contributed by atoms with Crippen molar-refractivity contribution >= 4 is 5.95 Å². The van der Waals surface area contributed by atoms with Crippen LogP contribution >= 0.6 is 0 Å². The van der Waals surface area contributed by atoms with Gasteiger partial charge in [-0.05, 0) is 44.7 Å². The predicted octanol–water partition coefficient (Wildman–Crippen LogP) is 3.87. The summed E-state index contributed by atoms with van der Waals surface area (Å²) in [5, 5.41) is 3.62. The molecule has 1 aliphatic rings. The van der Waals surface area contributed by atoms with Crippen LogP contribution in [0.4, 0.5) is 5.95 Å². The Bertz CT molecular complexity index is 583. The molecule has 0 fully saturated rings. The molecule has 3 heteroatoms. The van der Waals surface area contributed by atoms with Gasteiger partial charge in [0.05, 0.1) is 11.7 Å². The molecule has 1 heterocycles. The zero-order valence-electron chi connectivity index (χ0n) is 11.9. The first-order chi connectivity index (χ1) is 9.15. The van der Waals surface area contributed by atoms with Crippen molar-refractivity contribution in [3.8, 4) is 0 Å². The van der Waals surface area contributed by atoms with Gasteiger partial charge in [-0.1, -0.05) is 24.3 Å². The summed E-state index contributed by atoms with van der Waals surface area (Å²) in [6, 6.07) is 9.54. The van der Waals surface area contributed by atoms with Gasteiger partial charge in [0.15, 0.2) is 0 Å². The van der Waals surface area contributed by atoms with Crippen LogP contribution in [-0.2, 0) is 6.42 Å². The van der Waals surface area contributed by atoms with Gasteiger partial charge in [-0.3, -0.25) is 0 Å². The zero-order valence-corrected chi connectivity index (χ0v) is 11.9. The molecule has 1 N–H and O–H groups in total. The molecule has 0 radical (unpaired) electrons. The zero-order chi connectivity index (χ0) is 13.4. The molecular formula is C16H21N3. The number of imidazole rings is 1. The Morgan fingerprint density at radius 2 is 2.11 bits per heavy atom. The normalized spacial score (nSPS) is 17.8. The number of rotatable bonds is 3. The van der Waals surface area contributed by atoms with Crippen LogP contribution in [0.15, 0.2) is 30.5 Å². The maximum absolute atomic E-state index is 4.62. The molecule has 1 aromatic heterocycles. The number of nitrogens with zero attached hydrogens (tertiary/aromatic N) is 2. The third kappa shape index (κ3) is 2.25. The van der Waals surface area contributed by atoms with E-state index in [1.165, 1.54) is 11.1 Å². The van der Waals surface area contributed by atoms with E-state index in [4.69, 9.17) is 0 Å². The van der Waals surface area contributed by atoms with Crippen LogP contribution in [0, 0.1) is 6.92 Å². The summed E-state index contributed by atoms with van der Waals surface area (Å²) in [5.41, 5.74) is 3.97. The number of fused-ring (bicyclic) bond motifs is 1. The van der Waals surface area contributed by atoms with Gasteiger partial charge in [-0.2, -0.15) is 0 Å². The first-order valence-electron chi connectivity index (χ1n) is 7.05. The largest absolute Gasteiger partial charge is 0.349 e. The lowest BCUT2D eigenvalue weighted by molar-refractivity contribution is 0.596. The van der Waals surface area contributed by atoms with E-state index in [0.29, 0.717) is 12.1 Å². The quantitative estimate of drug-likeness (QED) is 0.902. The van der Waals surface area contributed by atoms with Crippen LogP contribution in [0.25, 0.3) is 0 Å². The number of hydrogen-bond acceptors (Lipinski definition) is 2. The second-order valence-electron chi connectivity index (χ2n) is 5.64. The highest BCUT2D eigenvalue weighted by Gasteiger charge is 2.23. The van der Waals surface area contributed by atoms with E-state index < -0.39 is 0 Å². The van der Waals surface area contributed by atoms with Gasteiger partial charge in [0.1, 0.15) is 0 Å². The molecule has 3 nitrogen and oxygen atoms in total. The Hall–Kier alpha value is -1.77. The van der Waals surface area contributed by atoms with Crippen molar-refractivity contribution < 1.29 is 0 Å². The SMILES string of the molecule is Cc1cn(C(C)C)c(NC2CCc3ccccc32)n1. The summed E-state index contributed by atoms with van der Waals surface area (Å²) in [6.07, 6.45) is 4.44. The Labute approximate surface area is 114 Å². The van der Waals surface area contributed by atoms with Gasteiger partial charge in [0, 0.05) is 12.2 Å². The maximum atomic E-state index is 4.62. The molecule has 0 saturated carbocycles. The van der Waals surface area contributed by atoms with E-state index in [2.05, 4.69) is 59.2 Å². The molecule has 19 heavy (non-hydrogen) atoms. The third-order valence-electron chi connectivity index (χ3n) is 3.85. The van der Waals surface area contributed by atoms with Crippen molar-refractivity contribution in [2.75, 3.05) is 5.32 Å². The van der Waals surface area contributed by atoms with E-state index in [9.17, 15) is 0 Å². The smallest absolute Gasteiger partial charge is 0.203 e. The second kappa shape index (κ2) is 4.72. The molecule has 1 atom stereocenters. The van der Waals surface area contributed by atoms with Crippen LogP contribution in [0.5, 0.6) is 0 Å². The van der Waals surface area contributed by atoms with Gasteiger partial charge in [0.25, 0.3) is 0 Å². The third-order valence-corrected chi connectivity index (χ3v) is 3.85. The lowest BCUT2D eigenvalue weighted by Gasteiger charge is -2.18. The molecule has 0 saturated heterocycles. The first-order valence-corrected chi connectivity index (χ1v) is 7.05. The average Bonchev–Trinajstić information content (AvgIpc) is 2.95. The molecule has 2 aromatic rings. The Balaban J connectivity index is 1.87. The van der Waals surface area contributed by atoms with E-state index in [-0.39, 0.29) is 0 Å². The van der Waals surface area contributed by atoms with Crippen LogP contribution in [0.2, 0.25) is 0 Å². The molecule has 1 aromatic carbocycles. The Morgan fingerprint density at radius 3 is 2.89 bits per heavy atom. The number of benzene rings is 1. The summed E-state index contributed by atoms with van der Waals surface area (Å²) in [7, 11) is 0. The topological polar surface area (TPSA) is 29.9 Å². The molecule has 0 aliphatic heterocycles. The minimum Gasteiger partial charge on any atom is -0.349 e. The van der Waals surface area contributed by atoms with E-state index >= 15 is 0 Å². The van der Waals surface area contributed by atoms with Crippen molar-refractivity contribution in [3.63, 3.8) is 0 Å². The highest BCUT2D eigenvalue weighted by Crippen LogP contribution is 2.33. The molecule has 100 valence electrons. The number of hydrogen-bond donors (Lipinski definition) is 1. The molecule has 1 unspecified atom stereocenters. The van der Waals surface area contributed by atoms with Crippen molar-refractivity contribution in [1.82, 2.24) is 9.55 Å². The lowest BCUT2D eigenvalue weighted by atomic mass is 10.1. The molecule has 0 spiro atoms. The van der Waals surface area contributed by atoms with Crippen molar-refractivity contribution in [1.29, 1.82) is 0 Å². The predicted molar refractivity (Wildman–Crippen MR) is 78.5 cm³/mol. The van der Waals surface area contributed by atoms with Gasteiger partial charge < -0.3 is 9.88 Å². The van der Waals surface area contributed by atoms with Crippen LogP contribution in [0.1, 0.15) is 49.2 Å². The van der Waals surface area contributed by atoms with Crippen molar-refractivity contribution in [2.24, 2.45) is 0 Å². The highest BCUT2D eigenvalue weighted by atomic mass is 15.2. The minimum atomic E-state index is 0.399. The van der Waals surface area contributed by atoms with Gasteiger partial charge in [-0.15, -0.1) is 0 Å². The Kier molecular flexibility index (Phi) is 3.05. The molecule has 0 bridgehead atoms. The molecule has 1 aliphatic carbocycles. The average molecular weight is 255 g/mol. The summed E-state index contributed by atoms with van der Waals surface area (Å²) >= 11 is 0. The van der Waals surface area contributed by atoms with Crippen LogP contribution < -0.4 is 5.32 Å². The summed E-state index contributed by atoms with van der Waals surface area (Å²) < 4.78 is 2.22. The molecule has 0 amide bonds. The van der Waals surface area contributed by atoms with Gasteiger partial charge in [-0.25, -0.2) is 4.98 Å². The molecule has 3 rings (SSSR count). The number of anilines is 1. The van der Waals surface area contributed by atoms with Gasteiger partial charge >= 0.3 is 0 Å². The highest BCUT2D eigenvalue weighted by molar-refractivity contribution is 5.41. The van der Waals surface area contributed by atoms with E-state index in [0.717, 1.165) is 24.5 Å². The van der Waals surface area contributed by atoms with Crippen LogP contribution in [-0.4, -0.2) is 9.55 Å². The minimum absolute atomic E-state index is 0.399. The van der Waals surface area contributed by atoms with Crippen molar-refractivity contribution in [3.05, 3.63) is 47.3 Å². The van der Waals surface area contributed by atoms with Crippen molar-refractivity contribution in [2.45, 2.75) is 45.7 Å². The maximum Gasteiger partial charge on any atom is 0.203 e. The standard InChI is InChI=1S/C16H21N3/c1-11(2)19-10-12(3)17-16(19)18-15-9-8-13-6-4-5-7-14(13)15/h4-7,10-11,15H,8-9H2,1-3H3,(H,17,18). The lowest BCUT2D eigenvalue weighted by Crippen LogP contribution is -2.13. The summed E-state index contributed by atoms with van der Waals surface area (Å²) in [4.78, 5) is 4.62. The number of nitrogens with one attached hydrogen (secondary N) is 1.